The van der Waals surface area contributed by atoms with E-state index in [1.165, 1.54) is 4.90 Å². The standard InChI is InChI=1S/C21H24N2O2/c1-21(2)14-19(24)23(20(25)15-21)18(13-16-9-5-3-6-10-16)22-17-11-7-4-8-12-17/h3-12,18,22H,13-15H2,1-2H3. The molecule has 1 saturated heterocycles. The highest BCUT2D eigenvalue weighted by molar-refractivity contribution is 5.99. The molecule has 1 fully saturated rings. The van der Waals surface area contributed by atoms with Crippen LogP contribution in [0.15, 0.2) is 60.7 Å². The second-order valence-electron chi connectivity index (χ2n) is 7.39. The summed E-state index contributed by atoms with van der Waals surface area (Å²) in [5.74, 6) is -0.212. The molecule has 3 rings (SSSR count). The maximum absolute atomic E-state index is 12.7. The molecule has 0 aromatic heterocycles. The molecule has 2 aromatic rings. The molecule has 1 heterocycles. The van der Waals surface area contributed by atoms with Gasteiger partial charge >= 0.3 is 0 Å². The van der Waals surface area contributed by atoms with Crippen LogP contribution in [0.25, 0.3) is 0 Å². The van der Waals surface area contributed by atoms with Gasteiger partial charge in [0.15, 0.2) is 0 Å². The average molecular weight is 336 g/mol. The van der Waals surface area contributed by atoms with Crippen LogP contribution in [0.3, 0.4) is 0 Å². The van der Waals surface area contributed by atoms with Gasteiger partial charge in [0, 0.05) is 24.9 Å². The first-order valence-corrected chi connectivity index (χ1v) is 8.65. The zero-order valence-corrected chi connectivity index (χ0v) is 14.7. The van der Waals surface area contributed by atoms with Crippen LogP contribution < -0.4 is 5.32 Å². The summed E-state index contributed by atoms with van der Waals surface area (Å²) in [7, 11) is 0. The first kappa shape index (κ1) is 17.2. The number of carbonyl (C=O) groups is 2. The Kier molecular flexibility index (Phi) is 4.88. The molecule has 1 aliphatic rings. The molecule has 130 valence electrons. The molecule has 0 aliphatic carbocycles. The van der Waals surface area contributed by atoms with Crippen LogP contribution in [0.5, 0.6) is 0 Å². The van der Waals surface area contributed by atoms with Crippen LogP contribution in [0, 0.1) is 5.41 Å². The van der Waals surface area contributed by atoms with Crippen LogP contribution >= 0.6 is 0 Å². The fourth-order valence-corrected chi connectivity index (χ4v) is 3.31. The maximum atomic E-state index is 12.7. The van der Waals surface area contributed by atoms with Gasteiger partial charge in [0.1, 0.15) is 6.17 Å². The van der Waals surface area contributed by atoms with Crippen molar-refractivity contribution < 1.29 is 9.59 Å². The zero-order valence-electron chi connectivity index (χ0n) is 14.7. The molecule has 25 heavy (non-hydrogen) atoms. The minimum absolute atomic E-state index is 0.106. The molecule has 2 amide bonds. The summed E-state index contributed by atoms with van der Waals surface area (Å²) in [6.45, 7) is 3.94. The fourth-order valence-electron chi connectivity index (χ4n) is 3.31. The molecule has 0 bridgehead atoms. The molecular formula is C21H24N2O2. The van der Waals surface area contributed by atoms with Gasteiger partial charge in [-0.3, -0.25) is 14.5 Å². The van der Waals surface area contributed by atoms with Gasteiger partial charge in [-0.25, -0.2) is 0 Å². The van der Waals surface area contributed by atoms with Crippen molar-refractivity contribution in [2.24, 2.45) is 5.41 Å². The van der Waals surface area contributed by atoms with Gasteiger partial charge in [-0.15, -0.1) is 0 Å². The largest absolute Gasteiger partial charge is 0.364 e. The van der Waals surface area contributed by atoms with Gasteiger partial charge in [-0.2, -0.15) is 0 Å². The summed E-state index contributed by atoms with van der Waals surface area (Å²) in [4.78, 5) is 26.8. The number of nitrogens with zero attached hydrogens (tertiary/aromatic N) is 1. The van der Waals surface area contributed by atoms with Gasteiger partial charge in [0.05, 0.1) is 0 Å². The van der Waals surface area contributed by atoms with Gasteiger partial charge in [-0.05, 0) is 23.1 Å². The highest BCUT2D eigenvalue weighted by Gasteiger charge is 2.40. The Bertz CT molecular complexity index is 680. The van der Waals surface area contributed by atoms with E-state index < -0.39 is 0 Å². The van der Waals surface area contributed by atoms with E-state index in [-0.39, 0.29) is 23.4 Å². The predicted octanol–water partition coefficient (Wildman–Crippen LogP) is 3.84. The fraction of sp³-hybridized carbons (Fsp3) is 0.333. The minimum Gasteiger partial charge on any atom is -0.364 e. The Morgan fingerprint density at radius 2 is 1.44 bits per heavy atom. The lowest BCUT2D eigenvalue weighted by molar-refractivity contribution is -0.154. The van der Waals surface area contributed by atoms with Crippen LogP contribution in [0.1, 0.15) is 32.3 Å². The van der Waals surface area contributed by atoms with E-state index in [2.05, 4.69) is 5.32 Å². The Morgan fingerprint density at radius 3 is 2.00 bits per heavy atom. The molecule has 1 N–H and O–H groups in total. The molecule has 1 aliphatic heterocycles. The Balaban J connectivity index is 1.87. The van der Waals surface area contributed by atoms with E-state index in [0.717, 1.165) is 11.3 Å². The third kappa shape index (κ3) is 4.27. The summed E-state index contributed by atoms with van der Waals surface area (Å²) in [6, 6.07) is 19.6. The van der Waals surface area contributed by atoms with Gasteiger partial charge < -0.3 is 5.32 Å². The smallest absolute Gasteiger partial charge is 0.231 e. The van der Waals surface area contributed by atoms with Crippen molar-refractivity contribution in [3.8, 4) is 0 Å². The predicted molar refractivity (Wildman–Crippen MR) is 98.9 cm³/mol. The van der Waals surface area contributed by atoms with E-state index in [9.17, 15) is 9.59 Å². The third-order valence-corrected chi connectivity index (χ3v) is 4.49. The normalized spacial score (nSPS) is 18.1. The lowest BCUT2D eigenvalue weighted by Gasteiger charge is -2.39. The van der Waals surface area contributed by atoms with Crippen molar-refractivity contribution in [2.75, 3.05) is 5.32 Å². The van der Waals surface area contributed by atoms with E-state index >= 15 is 0 Å². The number of likely N-dealkylation sites (tertiary alicyclic amines) is 1. The highest BCUT2D eigenvalue weighted by Crippen LogP contribution is 2.33. The maximum Gasteiger partial charge on any atom is 0.231 e. The molecule has 1 atom stereocenters. The average Bonchev–Trinajstić information content (AvgIpc) is 2.55. The van der Waals surface area contributed by atoms with Crippen molar-refractivity contribution in [3.63, 3.8) is 0 Å². The number of hydrogen-bond acceptors (Lipinski definition) is 3. The van der Waals surface area contributed by atoms with E-state index in [1.54, 1.807) is 0 Å². The number of amides is 2. The first-order chi connectivity index (χ1) is 11.9. The molecule has 2 aromatic carbocycles. The number of imide groups is 1. The molecule has 0 spiro atoms. The highest BCUT2D eigenvalue weighted by atomic mass is 16.2. The summed E-state index contributed by atoms with van der Waals surface area (Å²) < 4.78 is 0. The van der Waals surface area contributed by atoms with Crippen LogP contribution in [-0.4, -0.2) is 22.9 Å². The number of piperidine rings is 1. The van der Waals surface area contributed by atoms with E-state index in [4.69, 9.17) is 0 Å². The van der Waals surface area contributed by atoms with Crippen LogP contribution in [0.4, 0.5) is 5.69 Å². The summed E-state index contributed by atoms with van der Waals surface area (Å²) in [5, 5.41) is 3.37. The van der Waals surface area contributed by atoms with Crippen molar-refractivity contribution in [1.29, 1.82) is 0 Å². The lowest BCUT2D eigenvalue weighted by atomic mass is 9.81. The van der Waals surface area contributed by atoms with E-state index in [1.807, 2.05) is 74.5 Å². The molecule has 0 saturated carbocycles. The number of benzene rings is 2. The van der Waals surface area contributed by atoms with E-state index in [0.29, 0.717) is 19.3 Å². The third-order valence-electron chi connectivity index (χ3n) is 4.49. The molecular weight excluding hydrogens is 312 g/mol. The lowest BCUT2D eigenvalue weighted by Crippen LogP contribution is -2.54. The quantitative estimate of drug-likeness (QED) is 0.844. The number of hydrogen-bond donors (Lipinski definition) is 1. The zero-order chi connectivity index (χ0) is 17.9. The summed E-state index contributed by atoms with van der Waals surface area (Å²) >= 11 is 0. The van der Waals surface area contributed by atoms with Gasteiger partial charge in [0.2, 0.25) is 11.8 Å². The topological polar surface area (TPSA) is 49.4 Å². The number of carbonyl (C=O) groups excluding carboxylic acids is 2. The van der Waals surface area contributed by atoms with Crippen molar-refractivity contribution in [2.45, 2.75) is 39.3 Å². The number of anilines is 1. The second kappa shape index (κ2) is 7.09. The molecule has 4 heteroatoms. The SMILES string of the molecule is CC1(C)CC(=O)N(C(Cc2ccccc2)Nc2ccccc2)C(=O)C1. The molecule has 0 radical (unpaired) electrons. The number of nitrogens with one attached hydrogen (secondary N) is 1. The molecule has 1 unspecified atom stereocenters. The Morgan fingerprint density at radius 1 is 0.920 bits per heavy atom. The Hall–Kier alpha value is -2.62. The first-order valence-electron chi connectivity index (χ1n) is 8.65. The van der Waals surface area contributed by atoms with Gasteiger partial charge in [0.25, 0.3) is 0 Å². The van der Waals surface area contributed by atoms with Crippen LogP contribution in [-0.2, 0) is 16.0 Å². The van der Waals surface area contributed by atoms with Crippen LogP contribution in [0.2, 0.25) is 0 Å². The minimum atomic E-state index is -0.388. The van der Waals surface area contributed by atoms with Gasteiger partial charge in [-0.1, -0.05) is 62.4 Å². The summed E-state index contributed by atoms with van der Waals surface area (Å²) in [5.41, 5.74) is 1.71. The molecule has 4 nitrogen and oxygen atoms in total. The number of para-hydroxylation sites is 1. The van der Waals surface area contributed by atoms with Crippen molar-refractivity contribution in [3.05, 3.63) is 66.2 Å². The van der Waals surface area contributed by atoms with Crippen molar-refractivity contribution in [1.82, 2.24) is 4.90 Å². The summed E-state index contributed by atoms with van der Waals surface area (Å²) in [6.07, 6.45) is 0.968. The Labute approximate surface area is 148 Å². The number of rotatable bonds is 5. The monoisotopic (exact) mass is 336 g/mol. The van der Waals surface area contributed by atoms with Crippen molar-refractivity contribution >= 4 is 17.5 Å². The second-order valence-corrected chi connectivity index (χ2v) is 7.39.